The number of carbonyl (C=O) groups is 1. The van der Waals surface area contributed by atoms with Crippen molar-refractivity contribution in [1.82, 2.24) is 0 Å². The molecule has 0 spiro atoms. The lowest BCUT2D eigenvalue weighted by Gasteiger charge is -2.04. The Balaban J connectivity index is 3.30. The zero-order valence-electron chi connectivity index (χ0n) is 17.6. The van der Waals surface area contributed by atoms with Crippen LogP contribution in [0.1, 0.15) is 123 Å². The lowest BCUT2D eigenvalue weighted by molar-refractivity contribution is -0.132. The van der Waals surface area contributed by atoms with Crippen molar-refractivity contribution in [2.24, 2.45) is 0 Å². The Hall–Kier alpha value is -1.05. The highest BCUT2D eigenvalue weighted by molar-refractivity contribution is 5.86. The van der Waals surface area contributed by atoms with Crippen LogP contribution in [0.4, 0.5) is 0 Å². The Morgan fingerprint density at radius 3 is 1.42 bits per heavy atom. The molecular weight excluding hydrogens is 320 g/mol. The SMILES string of the molecule is CC=CC=C(CCCCCCCCCCCCCCCCCC)C(=O)O. The molecule has 2 nitrogen and oxygen atoms in total. The fourth-order valence-corrected chi connectivity index (χ4v) is 3.34. The zero-order valence-corrected chi connectivity index (χ0v) is 17.6. The van der Waals surface area contributed by atoms with Gasteiger partial charge in [0.15, 0.2) is 0 Å². The standard InChI is InChI=1S/C24H44O2/c1-3-5-7-8-9-10-11-12-13-14-15-16-17-18-19-20-22-23(24(25)26)21-6-4-2/h4,6,21H,3,5,7-20,22H2,1-2H3,(H,25,26). The van der Waals surface area contributed by atoms with Gasteiger partial charge in [0.25, 0.3) is 0 Å². The Kier molecular flexibility index (Phi) is 19.4. The predicted octanol–water partition coefficient (Wildman–Crippen LogP) is 8.23. The molecule has 0 atom stereocenters. The van der Waals surface area contributed by atoms with Crippen LogP contribution in [0.25, 0.3) is 0 Å². The molecule has 152 valence electrons. The van der Waals surface area contributed by atoms with E-state index in [9.17, 15) is 4.79 Å². The van der Waals surface area contributed by atoms with E-state index >= 15 is 0 Å². The van der Waals surface area contributed by atoms with Gasteiger partial charge in [-0.05, 0) is 19.8 Å². The first-order valence-corrected chi connectivity index (χ1v) is 11.3. The summed E-state index contributed by atoms with van der Waals surface area (Å²) in [5.41, 5.74) is 0.536. The highest BCUT2D eigenvalue weighted by atomic mass is 16.4. The molecule has 0 amide bonds. The van der Waals surface area contributed by atoms with Crippen molar-refractivity contribution in [3.05, 3.63) is 23.8 Å². The summed E-state index contributed by atoms with van der Waals surface area (Å²) in [6.45, 7) is 4.18. The van der Waals surface area contributed by atoms with Gasteiger partial charge < -0.3 is 5.11 Å². The van der Waals surface area contributed by atoms with Crippen molar-refractivity contribution < 1.29 is 9.90 Å². The fourth-order valence-electron chi connectivity index (χ4n) is 3.34. The van der Waals surface area contributed by atoms with E-state index < -0.39 is 5.97 Å². The van der Waals surface area contributed by atoms with Crippen molar-refractivity contribution >= 4 is 5.97 Å². The van der Waals surface area contributed by atoms with Gasteiger partial charge >= 0.3 is 5.97 Å². The largest absolute Gasteiger partial charge is 0.478 e. The van der Waals surface area contributed by atoms with Crippen LogP contribution in [0.5, 0.6) is 0 Å². The number of hydrogen-bond donors (Lipinski definition) is 1. The summed E-state index contributed by atoms with van der Waals surface area (Å²) in [6, 6.07) is 0. The molecule has 0 aromatic rings. The highest BCUT2D eigenvalue weighted by Gasteiger charge is 2.05. The normalized spacial score (nSPS) is 12.2. The monoisotopic (exact) mass is 364 g/mol. The predicted molar refractivity (Wildman–Crippen MR) is 115 cm³/mol. The minimum Gasteiger partial charge on any atom is -0.478 e. The van der Waals surface area contributed by atoms with Gasteiger partial charge in [-0.15, -0.1) is 0 Å². The molecule has 0 fully saturated rings. The van der Waals surface area contributed by atoms with Gasteiger partial charge in [0, 0.05) is 5.57 Å². The van der Waals surface area contributed by atoms with Crippen molar-refractivity contribution in [3.8, 4) is 0 Å². The molecule has 0 unspecified atom stereocenters. The van der Waals surface area contributed by atoms with E-state index in [1.807, 2.05) is 19.1 Å². The molecule has 0 aromatic carbocycles. The van der Waals surface area contributed by atoms with Crippen LogP contribution in [0.3, 0.4) is 0 Å². The maximum absolute atomic E-state index is 11.1. The molecule has 0 aliphatic rings. The van der Waals surface area contributed by atoms with Gasteiger partial charge in [0.1, 0.15) is 0 Å². The summed E-state index contributed by atoms with van der Waals surface area (Å²) in [5.74, 6) is -0.774. The molecule has 0 aliphatic carbocycles. The van der Waals surface area contributed by atoms with Crippen molar-refractivity contribution in [2.75, 3.05) is 0 Å². The molecule has 0 aliphatic heterocycles. The van der Waals surface area contributed by atoms with Crippen LogP contribution in [0, 0.1) is 0 Å². The summed E-state index contributed by atoms with van der Waals surface area (Å²) < 4.78 is 0. The van der Waals surface area contributed by atoms with E-state index in [2.05, 4.69) is 6.92 Å². The third kappa shape index (κ3) is 17.8. The van der Waals surface area contributed by atoms with Gasteiger partial charge in [-0.3, -0.25) is 0 Å². The average molecular weight is 365 g/mol. The Morgan fingerprint density at radius 1 is 0.692 bits per heavy atom. The fraction of sp³-hybridized carbons (Fsp3) is 0.792. The summed E-state index contributed by atoms with van der Waals surface area (Å²) in [6.07, 6.45) is 27.7. The smallest absolute Gasteiger partial charge is 0.331 e. The average Bonchev–Trinajstić information content (AvgIpc) is 2.63. The number of carboxylic acids is 1. The lowest BCUT2D eigenvalue weighted by atomic mass is 10.0. The first-order valence-electron chi connectivity index (χ1n) is 11.3. The third-order valence-corrected chi connectivity index (χ3v) is 5.06. The van der Waals surface area contributed by atoms with Crippen molar-refractivity contribution in [3.63, 3.8) is 0 Å². The number of unbranched alkanes of at least 4 members (excludes halogenated alkanes) is 15. The summed E-state index contributed by atoms with van der Waals surface area (Å²) in [5, 5.41) is 9.12. The summed E-state index contributed by atoms with van der Waals surface area (Å²) >= 11 is 0. The van der Waals surface area contributed by atoms with E-state index in [1.165, 1.54) is 89.9 Å². The van der Waals surface area contributed by atoms with Gasteiger partial charge in [-0.1, -0.05) is 121 Å². The van der Waals surface area contributed by atoms with E-state index in [0.717, 1.165) is 12.8 Å². The van der Waals surface area contributed by atoms with Crippen LogP contribution in [0.2, 0.25) is 0 Å². The Morgan fingerprint density at radius 2 is 1.08 bits per heavy atom. The van der Waals surface area contributed by atoms with Gasteiger partial charge in [-0.2, -0.15) is 0 Å². The van der Waals surface area contributed by atoms with Crippen molar-refractivity contribution in [2.45, 2.75) is 123 Å². The van der Waals surface area contributed by atoms with Crippen LogP contribution < -0.4 is 0 Å². The van der Waals surface area contributed by atoms with Crippen LogP contribution in [0.15, 0.2) is 23.8 Å². The number of hydrogen-bond acceptors (Lipinski definition) is 1. The number of aliphatic carboxylic acids is 1. The number of rotatable bonds is 19. The molecule has 0 rings (SSSR count). The second kappa shape index (κ2) is 20.3. The maximum Gasteiger partial charge on any atom is 0.331 e. The topological polar surface area (TPSA) is 37.3 Å². The minimum absolute atomic E-state index is 0.536. The quantitative estimate of drug-likeness (QED) is 0.142. The molecule has 0 heterocycles. The van der Waals surface area contributed by atoms with Crippen LogP contribution in [-0.4, -0.2) is 11.1 Å². The van der Waals surface area contributed by atoms with Gasteiger partial charge in [0.2, 0.25) is 0 Å². The second-order valence-electron chi connectivity index (χ2n) is 7.58. The molecule has 0 saturated heterocycles. The van der Waals surface area contributed by atoms with E-state index in [-0.39, 0.29) is 0 Å². The highest BCUT2D eigenvalue weighted by Crippen LogP contribution is 2.15. The molecule has 2 heteroatoms. The first kappa shape index (κ1) is 24.9. The molecule has 26 heavy (non-hydrogen) atoms. The van der Waals surface area contributed by atoms with E-state index in [0.29, 0.717) is 12.0 Å². The molecule has 1 N–H and O–H groups in total. The molecule has 0 bridgehead atoms. The maximum atomic E-state index is 11.1. The number of carboxylic acid groups (broad SMARTS) is 1. The molecule has 0 radical (unpaired) electrons. The third-order valence-electron chi connectivity index (χ3n) is 5.06. The second-order valence-corrected chi connectivity index (χ2v) is 7.58. The summed E-state index contributed by atoms with van der Waals surface area (Å²) in [7, 11) is 0. The van der Waals surface area contributed by atoms with Gasteiger partial charge in [0.05, 0.1) is 0 Å². The Labute approximate surface area is 163 Å². The minimum atomic E-state index is -0.774. The lowest BCUT2D eigenvalue weighted by Crippen LogP contribution is -2.00. The van der Waals surface area contributed by atoms with Crippen LogP contribution >= 0.6 is 0 Å². The van der Waals surface area contributed by atoms with Crippen LogP contribution in [-0.2, 0) is 4.79 Å². The number of allylic oxidation sites excluding steroid dienone is 3. The van der Waals surface area contributed by atoms with E-state index in [4.69, 9.17) is 5.11 Å². The molecule has 0 aromatic heterocycles. The molecular formula is C24H44O2. The van der Waals surface area contributed by atoms with E-state index in [1.54, 1.807) is 6.08 Å². The first-order chi connectivity index (χ1) is 12.7. The van der Waals surface area contributed by atoms with Gasteiger partial charge in [-0.25, -0.2) is 4.79 Å². The summed E-state index contributed by atoms with van der Waals surface area (Å²) in [4.78, 5) is 11.1. The van der Waals surface area contributed by atoms with Crippen molar-refractivity contribution in [1.29, 1.82) is 0 Å². The molecule has 0 saturated carbocycles. The zero-order chi connectivity index (χ0) is 19.3. The Bertz CT molecular complexity index is 368.